The molecular formula is C12H9F3N2O2. The van der Waals surface area contributed by atoms with Crippen molar-refractivity contribution in [1.82, 2.24) is 4.98 Å². The molecule has 19 heavy (non-hydrogen) atoms. The third-order valence-corrected chi connectivity index (χ3v) is 2.43. The monoisotopic (exact) mass is 270 g/mol. The molecule has 2 N–H and O–H groups in total. The van der Waals surface area contributed by atoms with E-state index in [1.165, 1.54) is 24.3 Å². The zero-order valence-corrected chi connectivity index (χ0v) is 9.53. The molecule has 100 valence electrons. The van der Waals surface area contributed by atoms with Crippen molar-refractivity contribution in [3.8, 4) is 0 Å². The number of carboxylic acid groups (broad SMARTS) is 1. The lowest BCUT2D eigenvalue weighted by Gasteiger charge is -2.09. The van der Waals surface area contributed by atoms with Crippen LogP contribution in [-0.2, 0) is 0 Å². The highest BCUT2D eigenvalue weighted by atomic mass is 19.4. The average Bonchev–Trinajstić information content (AvgIpc) is 2.34. The van der Waals surface area contributed by atoms with E-state index in [2.05, 4.69) is 10.3 Å². The van der Waals surface area contributed by atoms with Gasteiger partial charge in [0.2, 0.25) is 0 Å². The Balaban J connectivity index is 2.34. The van der Waals surface area contributed by atoms with Gasteiger partial charge in [-0.25, -0.2) is 9.78 Å². The highest BCUT2D eigenvalue weighted by Crippen LogP contribution is 2.21. The highest BCUT2D eigenvalue weighted by Gasteiger charge is 2.26. The van der Waals surface area contributed by atoms with Gasteiger partial charge in [0.05, 0.1) is 11.1 Å². The second-order valence-corrected chi connectivity index (χ2v) is 3.84. The topological polar surface area (TPSA) is 62.2 Å². The molecule has 2 rings (SSSR count). The molecule has 0 aliphatic rings. The summed E-state index contributed by atoms with van der Waals surface area (Å²) in [6.45, 7) is -1.19. The fraction of sp³-hybridized carbons (Fsp3) is 0.167. The summed E-state index contributed by atoms with van der Waals surface area (Å²) >= 11 is 0. The van der Waals surface area contributed by atoms with Gasteiger partial charge in [-0.05, 0) is 24.3 Å². The van der Waals surface area contributed by atoms with Crippen LogP contribution in [0.15, 0.2) is 30.3 Å². The summed E-state index contributed by atoms with van der Waals surface area (Å²) in [5.41, 5.74) is 0.388. The fourth-order valence-electron chi connectivity index (χ4n) is 1.63. The lowest BCUT2D eigenvalue weighted by Crippen LogP contribution is -2.21. The normalized spacial score (nSPS) is 11.5. The van der Waals surface area contributed by atoms with Crippen molar-refractivity contribution >= 4 is 22.7 Å². The molecule has 0 atom stereocenters. The average molecular weight is 270 g/mol. The Labute approximate surface area is 105 Å². The zero-order valence-electron chi connectivity index (χ0n) is 9.53. The van der Waals surface area contributed by atoms with Crippen LogP contribution in [0.4, 0.5) is 19.0 Å². The molecule has 4 nitrogen and oxygen atoms in total. The number of nitrogens with zero attached hydrogens (tertiary/aromatic N) is 1. The van der Waals surface area contributed by atoms with Gasteiger partial charge >= 0.3 is 12.1 Å². The molecule has 0 amide bonds. The predicted molar refractivity (Wildman–Crippen MR) is 63.2 cm³/mol. The van der Waals surface area contributed by atoms with E-state index in [-0.39, 0.29) is 11.4 Å². The van der Waals surface area contributed by atoms with Gasteiger partial charge in [-0.2, -0.15) is 13.2 Å². The van der Waals surface area contributed by atoms with Crippen molar-refractivity contribution in [3.63, 3.8) is 0 Å². The molecule has 0 spiro atoms. The molecule has 0 unspecified atom stereocenters. The second-order valence-electron chi connectivity index (χ2n) is 3.84. The second kappa shape index (κ2) is 4.75. The van der Waals surface area contributed by atoms with Crippen LogP contribution >= 0.6 is 0 Å². The molecule has 0 saturated heterocycles. The number of alkyl halides is 3. The van der Waals surface area contributed by atoms with Crippen molar-refractivity contribution < 1.29 is 23.1 Å². The molecule has 0 bridgehead atoms. The summed E-state index contributed by atoms with van der Waals surface area (Å²) in [5.74, 6) is -1.06. The molecular weight excluding hydrogens is 261 g/mol. The number of anilines is 1. The van der Waals surface area contributed by atoms with Gasteiger partial charge in [0.15, 0.2) is 0 Å². The first-order valence-corrected chi connectivity index (χ1v) is 5.30. The van der Waals surface area contributed by atoms with Crippen molar-refractivity contribution in [2.45, 2.75) is 6.18 Å². The number of carbonyl (C=O) groups is 1. The van der Waals surface area contributed by atoms with Crippen molar-refractivity contribution in [2.24, 2.45) is 0 Å². The van der Waals surface area contributed by atoms with Crippen molar-refractivity contribution in [3.05, 3.63) is 35.9 Å². The van der Waals surface area contributed by atoms with Crippen LogP contribution in [0, 0.1) is 0 Å². The van der Waals surface area contributed by atoms with Gasteiger partial charge in [-0.1, -0.05) is 6.07 Å². The molecule has 2 aromatic rings. The molecule has 0 saturated carbocycles. The maximum absolute atomic E-state index is 12.1. The molecule has 1 heterocycles. The predicted octanol–water partition coefficient (Wildman–Crippen LogP) is 2.91. The van der Waals surface area contributed by atoms with Crippen LogP contribution in [0.1, 0.15) is 10.4 Å². The minimum atomic E-state index is -4.33. The molecule has 0 radical (unpaired) electrons. The highest BCUT2D eigenvalue weighted by molar-refractivity contribution is 6.02. The first-order chi connectivity index (χ1) is 8.87. The van der Waals surface area contributed by atoms with E-state index in [9.17, 15) is 18.0 Å². The zero-order chi connectivity index (χ0) is 14.0. The van der Waals surface area contributed by atoms with E-state index in [0.717, 1.165) is 0 Å². The summed E-state index contributed by atoms with van der Waals surface area (Å²) in [4.78, 5) is 14.9. The van der Waals surface area contributed by atoms with E-state index < -0.39 is 18.7 Å². The van der Waals surface area contributed by atoms with Gasteiger partial charge < -0.3 is 10.4 Å². The largest absolute Gasteiger partial charge is 0.478 e. The number of pyridine rings is 1. The number of hydrogen-bond donors (Lipinski definition) is 2. The van der Waals surface area contributed by atoms with Crippen LogP contribution < -0.4 is 5.32 Å². The number of aromatic carboxylic acids is 1. The molecule has 7 heteroatoms. The number of halogens is 3. The van der Waals surface area contributed by atoms with Crippen molar-refractivity contribution in [2.75, 3.05) is 11.9 Å². The third-order valence-electron chi connectivity index (χ3n) is 2.43. The molecule has 0 aliphatic carbocycles. The number of fused-ring (bicyclic) bond motifs is 1. The number of carboxylic acids is 1. The smallest absolute Gasteiger partial charge is 0.405 e. The number of rotatable bonds is 3. The first kappa shape index (κ1) is 13.1. The minimum Gasteiger partial charge on any atom is -0.478 e. The van der Waals surface area contributed by atoms with E-state index in [4.69, 9.17) is 5.11 Å². The number of hydrogen-bond acceptors (Lipinski definition) is 3. The Morgan fingerprint density at radius 1 is 1.26 bits per heavy atom. The Kier molecular flexibility index (Phi) is 3.28. The SMILES string of the molecule is O=C(O)c1cccc2nc(NCC(F)(F)F)ccc12. The number of benzene rings is 1. The third kappa shape index (κ3) is 3.12. The molecule has 1 aromatic heterocycles. The molecule has 0 fully saturated rings. The lowest BCUT2D eigenvalue weighted by molar-refractivity contribution is -0.115. The van der Waals surface area contributed by atoms with Gasteiger partial charge in [-0.3, -0.25) is 0 Å². The van der Waals surface area contributed by atoms with Gasteiger partial charge in [0, 0.05) is 5.39 Å². The summed E-state index contributed by atoms with van der Waals surface area (Å²) in [6.07, 6.45) is -4.33. The van der Waals surface area contributed by atoms with Crippen LogP contribution in [0.5, 0.6) is 0 Å². The maximum atomic E-state index is 12.1. The van der Waals surface area contributed by atoms with Crippen LogP contribution in [0.25, 0.3) is 10.9 Å². The maximum Gasteiger partial charge on any atom is 0.405 e. The lowest BCUT2D eigenvalue weighted by atomic mass is 10.1. The van der Waals surface area contributed by atoms with E-state index in [1.54, 1.807) is 6.07 Å². The standard InChI is InChI=1S/C12H9F3N2O2/c13-12(14,15)6-16-10-5-4-7-8(11(18)19)2-1-3-9(7)17-10/h1-5H,6H2,(H,16,17)(H,18,19). The molecule has 0 aliphatic heterocycles. The van der Waals surface area contributed by atoms with Gasteiger partial charge in [0.1, 0.15) is 12.4 Å². The quantitative estimate of drug-likeness (QED) is 0.900. The number of aromatic nitrogens is 1. The van der Waals surface area contributed by atoms with Gasteiger partial charge in [-0.15, -0.1) is 0 Å². The van der Waals surface area contributed by atoms with Crippen LogP contribution in [0.3, 0.4) is 0 Å². The van der Waals surface area contributed by atoms with E-state index in [0.29, 0.717) is 10.9 Å². The summed E-state index contributed by atoms with van der Waals surface area (Å²) in [6, 6.07) is 7.20. The van der Waals surface area contributed by atoms with Crippen molar-refractivity contribution in [1.29, 1.82) is 0 Å². The Hall–Kier alpha value is -2.31. The fourth-order valence-corrected chi connectivity index (χ4v) is 1.63. The molecule has 1 aromatic carbocycles. The summed E-state index contributed by atoms with van der Waals surface area (Å²) in [5, 5.41) is 11.5. The van der Waals surface area contributed by atoms with Crippen LogP contribution in [-0.4, -0.2) is 28.8 Å². The Morgan fingerprint density at radius 3 is 2.63 bits per heavy atom. The summed E-state index contributed by atoms with van der Waals surface area (Å²) in [7, 11) is 0. The Bertz CT molecular complexity index is 626. The first-order valence-electron chi connectivity index (χ1n) is 5.30. The van der Waals surface area contributed by atoms with Crippen LogP contribution in [0.2, 0.25) is 0 Å². The minimum absolute atomic E-state index is 0.0485. The summed E-state index contributed by atoms with van der Waals surface area (Å²) < 4.78 is 36.2. The number of nitrogens with one attached hydrogen (secondary N) is 1. The van der Waals surface area contributed by atoms with Gasteiger partial charge in [0.25, 0.3) is 0 Å². The van der Waals surface area contributed by atoms with E-state index in [1.807, 2.05) is 0 Å². The Morgan fingerprint density at radius 2 is 2.00 bits per heavy atom. The van der Waals surface area contributed by atoms with E-state index >= 15 is 0 Å².